The normalized spacial score (nSPS) is 46.9. The van der Waals surface area contributed by atoms with Gasteiger partial charge in [-0.25, -0.2) is 0 Å². The first-order valence-corrected chi connectivity index (χ1v) is 7.01. The predicted molar refractivity (Wildman–Crippen MR) is 63.2 cm³/mol. The average Bonchev–Trinajstić information content (AvgIpc) is 3.01. The zero-order valence-corrected chi connectivity index (χ0v) is 10.8. The van der Waals surface area contributed by atoms with Crippen LogP contribution in [0.15, 0.2) is 0 Å². The molecule has 1 saturated heterocycles. The van der Waals surface area contributed by atoms with E-state index in [1.807, 2.05) is 6.92 Å². The lowest BCUT2D eigenvalue weighted by atomic mass is 9.87. The molecule has 1 aliphatic heterocycles. The third kappa shape index (κ3) is 1.70. The van der Waals surface area contributed by atoms with E-state index < -0.39 is 0 Å². The molecule has 2 saturated carbocycles. The first-order valence-electron chi connectivity index (χ1n) is 7.01. The topological polar surface area (TPSA) is 35.5 Å². The molecule has 17 heavy (non-hydrogen) atoms. The molecule has 2 aliphatic carbocycles. The summed E-state index contributed by atoms with van der Waals surface area (Å²) in [5, 5.41) is 0. The summed E-state index contributed by atoms with van der Waals surface area (Å²) in [4.78, 5) is 12.2. The SMILES string of the molecule is C[C@@H]1C[C@@]12C(=O)O[C@H](C1CCCCC1)O[C@@H]2C. The maximum absolute atomic E-state index is 12.2. The van der Waals surface area contributed by atoms with Gasteiger partial charge in [-0.1, -0.05) is 26.2 Å². The molecule has 0 amide bonds. The molecule has 3 nitrogen and oxygen atoms in total. The van der Waals surface area contributed by atoms with Crippen LogP contribution in [-0.2, 0) is 14.3 Å². The third-order valence-electron chi connectivity index (χ3n) is 5.06. The zero-order valence-electron chi connectivity index (χ0n) is 10.8. The maximum atomic E-state index is 12.2. The lowest BCUT2D eigenvalue weighted by Crippen LogP contribution is -2.47. The largest absolute Gasteiger partial charge is 0.435 e. The fourth-order valence-corrected chi connectivity index (χ4v) is 3.64. The van der Waals surface area contributed by atoms with Crippen LogP contribution in [0.3, 0.4) is 0 Å². The lowest BCUT2D eigenvalue weighted by molar-refractivity contribution is -0.250. The van der Waals surface area contributed by atoms with Gasteiger partial charge in [0.2, 0.25) is 6.29 Å². The Labute approximate surface area is 103 Å². The van der Waals surface area contributed by atoms with Gasteiger partial charge in [0.25, 0.3) is 0 Å². The van der Waals surface area contributed by atoms with E-state index in [1.54, 1.807) is 0 Å². The van der Waals surface area contributed by atoms with Crippen LogP contribution in [0.1, 0.15) is 52.4 Å². The summed E-state index contributed by atoms with van der Waals surface area (Å²) in [7, 11) is 0. The minimum absolute atomic E-state index is 0.000626. The monoisotopic (exact) mass is 238 g/mol. The first-order chi connectivity index (χ1) is 8.14. The van der Waals surface area contributed by atoms with Gasteiger partial charge in [0.05, 0.1) is 11.5 Å². The van der Waals surface area contributed by atoms with Crippen LogP contribution >= 0.6 is 0 Å². The van der Waals surface area contributed by atoms with Gasteiger partial charge in [0.15, 0.2) is 0 Å². The van der Waals surface area contributed by atoms with E-state index in [4.69, 9.17) is 9.47 Å². The van der Waals surface area contributed by atoms with E-state index in [-0.39, 0.29) is 23.8 Å². The molecule has 0 aromatic carbocycles. The highest BCUT2D eigenvalue weighted by Gasteiger charge is 2.65. The average molecular weight is 238 g/mol. The van der Waals surface area contributed by atoms with E-state index in [2.05, 4.69) is 6.92 Å². The van der Waals surface area contributed by atoms with E-state index >= 15 is 0 Å². The molecule has 0 bridgehead atoms. The molecule has 4 atom stereocenters. The minimum atomic E-state index is -0.300. The van der Waals surface area contributed by atoms with E-state index in [1.165, 1.54) is 19.3 Å². The van der Waals surface area contributed by atoms with Crippen LogP contribution in [0.2, 0.25) is 0 Å². The quantitative estimate of drug-likeness (QED) is 0.659. The van der Waals surface area contributed by atoms with Crippen LogP contribution < -0.4 is 0 Å². The van der Waals surface area contributed by atoms with Crippen molar-refractivity contribution in [2.45, 2.75) is 64.8 Å². The third-order valence-corrected chi connectivity index (χ3v) is 5.06. The van der Waals surface area contributed by atoms with Crippen molar-refractivity contribution >= 4 is 5.97 Å². The van der Waals surface area contributed by atoms with Gasteiger partial charge in [-0.05, 0) is 32.1 Å². The van der Waals surface area contributed by atoms with Crippen molar-refractivity contribution in [3.05, 3.63) is 0 Å². The molecule has 3 fully saturated rings. The zero-order chi connectivity index (χ0) is 12.0. The summed E-state index contributed by atoms with van der Waals surface area (Å²) in [5.74, 6) is 0.859. The standard InChI is InChI=1S/C14H22O3/c1-9-8-14(9)10(2)16-12(17-13(14)15)11-6-4-3-5-7-11/h9-12H,3-8H2,1-2H3/t9-,10-,12-,14-/m1/s1. The Kier molecular flexibility index (Phi) is 2.69. The molecule has 3 heteroatoms. The molecule has 0 aromatic heterocycles. The van der Waals surface area contributed by atoms with Crippen molar-refractivity contribution < 1.29 is 14.3 Å². The van der Waals surface area contributed by atoms with Crippen LogP contribution in [0, 0.1) is 17.3 Å². The van der Waals surface area contributed by atoms with Crippen LogP contribution in [-0.4, -0.2) is 18.4 Å². The smallest absolute Gasteiger partial charge is 0.317 e. The highest BCUT2D eigenvalue weighted by molar-refractivity contribution is 5.82. The minimum Gasteiger partial charge on any atom is -0.435 e. The number of hydrogen-bond acceptors (Lipinski definition) is 3. The van der Waals surface area contributed by atoms with Gasteiger partial charge in [-0.2, -0.15) is 0 Å². The van der Waals surface area contributed by atoms with E-state index in [0.29, 0.717) is 11.8 Å². The number of esters is 1. The molecule has 0 aromatic rings. The second kappa shape index (κ2) is 3.98. The van der Waals surface area contributed by atoms with Crippen LogP contribution in [0.4, 0.5) is 0 Å². The van der Waals surface area contributed by atoms with Crippen LogP contribution in [0.25, 0.3) is 0 Å². The van der Waals surface area contributed by atoms with E-state index in [9.17, 15) is 4.79 Å². The van der Waals surface area contributed by atoms with Gasteiger partial charge >= 0.3 is 5.97 Å². The fourth-order valence-electron chi connectivity index (χ4n) is 3.64. The molecule has 1 heterocycles. The first kappa shape index (κ1) is 11.5. The van der Waals surface area contributed by atoms with Crippen molar-refractivity contribution in [2.24, 2.45) is 17.3 Å². The summed E-state index contributed by atoms with van der Waals surface area (Å²) < 4.78 is 11.6. The fraction of sp³-hybridized carbons (Fsp3) is 0.929. The lowest BCUT2D eigenvalue weighted by Gasteiger charge is -2.39. The van der Waals surface area contributed by atoms with E-state index in [0.717, 1.165) is 19.3 Å². The molecule has 0 N–H and O–H groups in total. The Bertz CT molecular complexity index is 321. The van der Waals surface area contributed by atoms with Crippen molar-refractivity contribution in [3.8, 4) is 0 Å². The number of rotatable bonds is 1. The second-order valence-corrected chi connectivity index (χ2v) is 6.10. The Morgan fingerprint density at radius 1 is 1.18 bits per heavy atom. The molecule has 0 radical (unpaired) electrons. The van der Waals surface area contributed by atoms with Crippen molar-refractivity contribution in [3.63, 3.8) is 0 Å². The Hall–Kier alpha value is -0.570. The van der Waals surface area contributed by atoms with Gasteiger partial charge in [0.1, 0.15) is 0 Å². The highest BCUT2D eigenvalue weighted by atomic mass is 16.7. The van der Waals surface area contributed by atoms with Gasteiger partial charge in [0, 0.05) is 5.92 Å². The maximum Gasteiger partial charge on any atom is 0.317 e. The molecule has 0 unspecified atom stereocenters. The number of carbonyl (C=O) groups excluding carboxylic acids is 1. The van der Waals surface area contributed by atoms with Gasteiger partial charge in [-0.15, -0.1) is 0 Å². The van der Waals surface area contributed by atoms with Gasteiger partial charge in [-0.3, -0.25) is 4.79 Å². The van der Waals surface area contributed by atoms with Crippen molar-refractivity contribution in [2.75, 3.05) is 0 Å². The summed E-state index contributed by atoms with van der Waals surface area (Å²) in [6.07, 6.45) is 6.80. The summed E-state index contributed by atoms with van der Waals surface area (Å²) in [6, 6.07) is 0. The summed E-state index contributed by atoms with van der Waals surface area (Å²) >= 11 is 0. The molecule has 96 valence electrons. The number of carbonyl (C=O) groups is 1. The predicted octanol–water partition coefficient (Wildman–Crippen LogP) is 2.88. The summed E-state index contributed by atoms with van der Waals surface area (Å²) in [5.41, 5.74) is -0.300. The molecule has 3 aliphatic rings. The van der Waals surface area contributed by atoms with Crippen molar-refractivity contribution in [1.82, 2.24) is 0 Å². The Morgan fingerprint density at radius 3 is 2.35 bits per heavy atom. The number of cyclic esters (lactones) is 1. The molecular formula is C14H22O3. The molecule has 1 spiro atoms. The Morgan fingerprint density at radius 2 is 1.82 bits per heavy atom. The van der Waals surface area contributed by atoms with Gasteiger partial charge < -0.3 is 9.47 Å². The second-order valence-electron chi connectivity index (χ2n) is 6.10. The van der Waals surface area contributed by atoms with Crippen molar-refractivity contribution in [1.29, 1.82) is 0 Å². The number of ether oxygens (including phenoxy) is 2. The number of hydrogen-bond donors (Lipinski definition) is 0. The Balaban J connectivity index is 1.68. The highest BCUT2D eigenvalue weighted by Crippen LogP contribution is 2.59. The molecular weight excluding hydrogens is 216 g/mol. The van der Waals surface area contributed by atoms with Crippen LogP contribution in [0.5, 0.6) is 0 Å². The summed E-state index contributed by atoms with van der Waals surface area (Å²) in [6.45, 7) is 4.15. The molecule has 3 rings (SSSR count).